The maximum Gasteiger partial charge on any atom is 0.0540 e. The Balaban J connectivity index is 0.808. The highest BCUT2D eigenvalue weighted by Crippen LogP contribution is 2.50. The molecule has 452 valence electrons. The summed E-state index contributed by atoms with van der Waals surface area (Å²) < 4.78 is 0. The monoisotopic (exact) mass is 1230 g/mol. The lowest BCUT2D eigenvalue weighted by molar-refractivity contribution is 1.33. The fraction of sp³-hybridized carbons (Fsp3) is 0. The van der Waals surface area contributed by atoms with Crippen molar-refractivity contribution < 1.29 is 0 Å². The van der Waals surface area contributed by atoms with Crippen LogP contribution in [0.25, 0.3) is 167 Å². The largest absolute Gasteiger partial charge is 0.309 e. The first-order valence-electron chi connectivity index (χ1n) is 33.5. The molecule has 1 heteroatoms. The van der Waals surface area contributed by atoms with E-state index in [-0.39, 0.29) is 0 Å². The molecule has 0 fully saturated rings. The Bertz CT molecular complexity index is 5650. The summed E-state index contributed by atoms with van der Waals surface area (Å²) in [5, 5.41) is 21.7. The number of anilines is 3. The van der Waals surface area contributed by atoms with E-state index in [4.69, 9.17) is 0 Å². The molecule has 0 aliphatic carbocycles. The Morgan fingerprint density at radius 2 is 0.320 bits per heavy atom. The van der Waals surface area contributed by atoms with E-state index in [1.54, 1.807) is 0 Å². The van der Waals surface area contributed by atoms with Crippen LogP contribution >= 0.6 is 0 Å². The highest BCUT2D eigenvalue weighted by atomic mass is 15.1. The molecule has 0 saturated carbocycles. The van der Waals surface area contributed by atoms with Crippen LogP contribution in [0.1, 0.15) is 33.4 Å². The molecule has 0 atom stereocenters. The summed E-state index contributed by atoms with van der Waals surface area (Å²) in [7, 11) is 0. The minimum Gasteiger partial charge on any atom is -0.309 e. The van der Waals surface area contributed by atoms with Gasteiger partial charge >= 0.3 is 0 Å². The third-order valence-corrected chi connectivity index (χ3v) is 20.0. The summed E-state index contributed by atoms with van der Waals surface area (Å²) >= 11 is 0. The molecule has 0 saturated heterocycles. The van der Waals surface area contributed by atoms with E-state index in [2.05, 4.69) is 387 Å². The smallest absolute Gasteiger partial charge is 0.0540 e. The molecule has 18 aromatic carbocycles. The minimum absolute atomic E-state index is 1.09. The van der Waals surface area contributed by atoms with Crippen LogP contribution in [0.3, 0.4) is 0 Å². The van der Waals surface area contributed by atoms with E-state index >= 15 is 0 Å². The Morgan fingerprint density at radius 3 is 0.588 bits per heavy atom. The molecule has 0 unspecified atom stereocenters. The van der Waals surface area contributed by atoms with E-state index < -0.39 is 0 Å². The summed E-state index contributed by atoms with van der Waals surface area (Å²) in [4.78, 5) is 2.56. The maximum atomic E-state index is 2.56. The highest BCUT2D eigenvalue weighted by molar-refractivity contribution is 6.19. The van der Waals surface area contributed by atoms with Crippen LogP contribution in [0.2, 0.25) is 0 Å². The van der Waals surface area contributed by atoms with Gasteiger partial charge in [0, 0.05) is 16.2 Å². The van der Waals surface area contributed by atoms with Crippen molar-refractivity contribution in [3.63, 3.8) is 0 Å². The lowest BCUT2D eigenvalue weighted by Gasteiger charge is -2.31. The van der Waals surface area contributed by atoms with Crippen molar-refractivity contribution in [2.75, 3.05) is 4.90 Å². The zero-order valence-corrected chi connectivity index (χ0v) is 53.3. The first kappa shape index (κ1) is 57.0. The SMILES string of the molecule is C(=C\c1ccc(-c2ccc(N(c3ccc(-c4ccc(/C=C/c5cccc6ccccc56)c5ccccc45)c4ccccc34)c3ccc(-c4ccc(/C=C/c5cccc6ccccc56)c5ccccc45)c4ccccc34)c3ccccc23)c2ccccc12)/c1cccc2ccccc12. The normalized spacial score (nSPS) is 12.0. The van der Waals surface area contributed by atoms with Gasteiger partial charge in [0.1, 0.15) is 0 Å². The van der Waals surface area contributed by atoms with Gasteiger partial charge in [0.2, 0.25) is 0 Å². The number of fused-ring (bicyclic) bond motifs is 9. The van der Waals surface area contributed by atoms with Gasteiger partial charge in [0.15, 0.2) is 0 Å². The van der Waals surface area contributed by atoms with Crippen molar-refractivity contribution in [2.45, 2.75) is 0 Å². The average Bonchev–Trinajstić information content (AvgIpc) is 0.735. The Hall–Kier alpha value is -12.7. The van der Waals surface area contributed by atoms with Gasteiger partial charge in [-0.2, -0.15) is 0 Å². The lowest BCUT2D eigenvalue weighted by Crippen LogP contribution is -2.12. The second kappa shape index (κ2) is 24.3. The highest BCUT2D eigenvalue weighted by Gasteiger charge is 2.25. The van der Waals surface area contributed by atoms with E-state index in [9.17, 15) is 0 Å². The standard InChI is InChI=1S/C96H63N/c1-4-31-73-64(22-1)25-19-28-67(73)46-49-70-52-55-85(79-37-10-7-34-76(70)79)88-58-61-94(91-43-16-13-40-82(88)91)97(95-62-59-89(83-41-14-17-44-92(83)95)86-56-53-71(77-35-8-11-38-80(77)86)50-47-68-29-20-26-65-23-2-5-32-74(65)68)96-63-60-90(84-42-15-18-45-93(84)96)87-57-54-72(78-36-9-12-39-81(78)87)51-48-69-30-21-27-66-24-3-6-33-75(66)69/h1-63H/b49-46+,50-47+,51-48+. The quantitative estimate of drug-likeness (QED) is 0.110. The molecular formula is C96H63N. The molecule has 0 radical (unpaired) electrons. The van der Waals surface area contributed by atoms with Crippen molar-refractivity contribution in [1.82, 2.24) is 0 Å². The zero-order valence-electron chi connectivity index (χ0n) is 53.3. The first-order valence-corrected chi connectivity index (χ1v) is 33.5. The van der Waals surface area contributed by atoms with Gasteiger partial charge < -0.3 is 4.90 Å². The Kier molecular flexibility index (Phi) is 14.3. The topological polar surface area (TPSA) is 3.24 Å². The number of hydrogen-bond acceptors (Lipinski definition) is 1. The van der Waals surface area contributed by atoms with Crippen LogP contribution in [0, 0.1) is 0 Å². The molecule has 97 heavy (non-hydrogen) atoms. The minimum atomic E-state index is 1.09. The van der Waals surface area contributed by atoms with Gasteiger partial charge in [-0.25, -0.2) is 0 Å². The average molecular weight is 1230 g/mol. The third-order valence-electron chi connectivity index (χ3n) is 20.0. The van der Waals surface area contributed by atoms with Gasteiger partial charge in [-0.3, -0.25) is 0 Å². The summed E-state index contributed by atoms with van der Waals surface area (Å²) in [6.45, 7) is 0. The van der Waals surface area contributed by atoms with Crippen LogP contribution in [-0.2, 0) is 0 Å². The zero-order chi connectivity index (χ0) is 64.2. The van der Waals surface area contributed by atoms with Gasteiger partial charge in [-0.05, 0) is 166 Å². The number of hydrogen-bond donors (Lipinski definition) is 0. The molecule has 0 aliphatic rings. The molecule has 0 amide bonds. The van der Waals surface area contributed by atoms with E-state index in [1.807, 2.05) is 0 Å². The molecule has 18 rings (SSSR count). The third kappa shape index (κ3) is 10.1. The lowest BCUT2D eigenvalue weighted by atomic mass is 9.89. The van der Waals surface area contributed by atoms with E-state index in [0.29, 0.717) is 0 Å². The Morgan fingerprint density at radius 1 is 0.134 bits per heavy atom. The van der Waals surface area contributed by atoms with Gasteiger partial charge in [0.25, 0.3) is 0 Å². The fourth-order valence-electron chi connectivity index (χ4n) is 15.4. The predicted octanol–water partition coefficient (Wildman–Crippen LogP) is 27.0. The second-order valence-electron chi connectivity index (χ2n) is 25.3. The summed E-state index contributed by atoms with van der Waals surface area (Å²) in [5.41, 5.74) is 17.6. The van der Waals surface area contributed by atoms with Crippen LogP contribution in [0.15, 0.2) is 346 Å². The Labute approximate surface area is 564 Å². The van der Waals surface area contributed by atoms with Crippen molar-refractivity contribution in [2.24, 2.45) is 0 Å². The van der Waals surface area contributed by atoms with Crippen molar-refractivity contribution >= 4 is 150 Å². The van der Waals surface area contributed by atoms with Gasteiger partial charge in [0.05, 0.1) is 17.1 Å². The van der Waals surface area contributed by atoms with Crippen LogP contribution in [0.4, 0.5) is 17.1 Å². The van der Waals surface area contributed by atoms with Crippen molar-refractivity contribution in [3.8, 4) is 33.4 Å². The van der Waals surface area contributed by atoms with Crippen LogP contribution in [-0.4, -0.2) is 0 Å². The maximum absolute atomic E-state index is 2.56. The molecule has 0 bridgehead atoms. The summed E-state index contributed by atoms with van der Waals surface area (Å²) in [5.74, 6) is 0. The van der Waals surface area contributed by atoms with E-state index in [0.717, 1.165) is 33.2 Å². The summed E-state index contributed by atoms with van der Waals surface area (Å²) in [6, 6.07) is 127. The van der Waals surface area contributed by atoms with Crippen molar-refractivity contribution in [1.29, 1.82) is 0 Å². The predicted molar refractivity (Wildman–Crippen MR) is 421 cm³/mol. The fourth-order valence-corrected chi connectivity index (χ4v) is 15.4. The molecule has 0 aliphatic heterocycles. The number of benzene rings is 18. The first-order chi connectivity index (χ1) is 48.1. The molecule has 0 spiro atoms. The van der Waals surface area contributed by atoms with Gasteiger partial charge in [-0.1, -0.05) is 364 Å². The van der Waals surface area contributed by atoms with Crippen LogP contribution < -0.4 is 4.90 Å². The van der Waals surface area contributed by atoms with Crippen LogP contribution in [0.5, 0.6) is 0 Å². The number of rotatable bonds is 12. The molecule has 0 heterocycles. The van der Waals surface area contributed by atoms with Crippen molar-refractivity contribution in [3.05, 3.63) is 379 Å². The van der Waals surface area contributed by atoms with E-state index in [1.165, 1.54) is 148 Å². The second-order valence-corrected chi connectivity index (χ2v) is 25.3. The van der Waals surface area contributed by atoms with Gasteiger partial charge in [-0.15, -0.1) is 0 Å². The molecule has 0 aromatic heterocycles. The summed E-state index contributed by atoms with van der Waals surface area (Å²) in [6.07, 6.45) is 13.7. The number of nitrogens with zero attached hydrogens (tertiary/aromatic N) is 1. The molecule has 0 N–H and O–H groups in total. The molecular weight excluding hydrogens is 1170 g/mol. The molecule has 18 aromatic rings. The molecule has 1 nitrogen and oxygen atoms in total.